The van der Waals surface area contributed by atoms with E-state index in [2.05, 4.69) is 25.2 Å². The second-order valence-corrected chi connectivity index (χ2v) is 10.4. The van der Waals surface area contributed by atoms with Gasteiger partial charge in [-0.2, -0.15) is 0 Å². The van der Waals surface area contributed by atoms with E-state index in [0.29, 0.717) is 0 Å². The van der Waals surface area contributed by atoms with E-state index in [-0.39, 0.29) is 0 Å². The summed E-state index contributed by atoms with van der Waals surface area (Å²) < 4.78 is 5.71. The highest BCUT2D eigenvalue weighted by Gasteiger charge is 2.34. The zero-order chi connectivity index (χ0) is 15.6. The van der Waals surface area contributed by atoms with Gasteiger partial charge in [0.1, 0.15) is 0 Å². The van der Waals surface area contributed by atoms with Gasteiger partial charge in [0, 0.05) is 6.61 Å². The molecule has 3 atom stereocenters. The van der Waals surface area contributed by atoms with Gasteiger partial charge in [0.15, 0.2) is 9.04 Å². The van der Waals surface area contributed by atoms with E-state index in [1.807, 2.05) is 0 Å². The van der Waals surface area contributed by atoms with E-state index < -0.39 is 9.04 Å². The maximum Gasteiger partial charge on any atom is 0.170 e. The molecule has 2 rings (SSSR count). The number of hydrogen-bond acceptors (Lipinski definition) is 1. The van der Waals surface area contributed by atoms with Crippen molar-refractivity contribution in [3.63, 3.8) is 0 Å². The van der Waals surface area contributed by atoms with Crippen molar-refractivity contribution in [3.05, 3.63) is 12.2 Å². The van der Waals surface area contributed by atoms with Crippen LogP contribution in [0.2, 0.25) is 13.1 Å². The van der Waals surface area contributed by atoms with Crippen molar-refractivity contribution in [2.75, 3.05) is 6.61 Å². The molecule has 2 aliphatic rings. The molecule has 0 spiro atoms. The molecule has 2 heteroatoms. The van der Waals surface area contributed by atoms with Crippen molar-refractivity contribution in [1.82, 2.24) is 0 Å². The van der Waals surface area contributed by atoms with E-state index >= 15 is 0 Å². The summed E-state index contributed by atoms with van der Waals surface area (Å²) in [6, 6.07) is 0. The molecule has 0 aliphatic heterocycles. The molecule has 0 aromatic heterocycles. The zero-order valence-corrected chi connectivity index (χ0v) is 16.2. The van der Waals surface area contributed by atoms with E-state index in [4.69, 9.17) is 4.43 Å². The Kier molecular flexibility index (Phi) is 8.84. The average Bonchev–Trinajstić information content (AvgIpc) is 3.10. The molecule has 0 amide bonds. The maximum atomic E-state index is 5.71. The van der Waals surface area contributed by atoms with Crippen molar-refractivity contribution >= 4 is 9.04 Å². The van der Waals surface area contributed by atoms with Crippen LogP contribution in [0.1, 0.15) is 77.0 Å². The molecule has 2 bridgehead atoms. The van der Waals surface area contributed by atoms with E-state index in [1.165, 1.54) is 77.0 Å². The van der Waals surface area contributed by atoms with Crippen LogP contribution in [0.25, 0.3) is 0 Å². The summed E-state index contributed by atoms with van der Waals surface area (Å²) in [4.78, 5) is 0. The largest absolute Gasteiger partial charge is 0.421 e. The number of fused-ring (bicyclic) bond motifs is 2. The summed E-state index contributed by atoms with van der Waals surface area (Å²) in [5.41, 5.74) is 0. The first-order chi connectivity index (χ1) is 10.8. The predicted octanol–water partition coefficient (Wildman–Crippen LogP) is 6.10. The van der Waals surface area contributed by atoms with Gasteiger partial charge >= 0.3 is 0 Å². The zero-order valence-electron chi connectivity index (χ0n) is 15.1. The van der Waals surface area contributed by atoms with E-state index in [0.717, 1.165) is 24.4 Å². The number of hydrogen-bond donors (Lipinski definition) is 0. The van der Waals surface area contributed by atoms with Crippen LogP contribution < -0.4 is 0 Å². The van der Waals surface area contributed by atoms with Crippen molar-refractivity contribution < 1.29 is 4.43 Å². The molecular weight excluding hydrogens is 284 g/mol. The molecule has 22 heavy (non-hydrogen) atoms. The van der Waals surface area contributed by atoms with Crippen LogP contribution >= 0.6 is 0 Å². The van der Waals surface area contributed by atoms with Gasteiger partial charge in [0.25, 0.3) is 0 Å². The Bertz CT molecular complexity index is 313. The lowest BCUT2D eigenvalue weighted by atomic mass is 9.88. The Labute approximate surface area is 140 Å². The van der Waals surface area contributed by atoms with Crippen LogP contribution in [-0.2, 0) is 4.43 Å². The molecule has 0 radical (unpaired) electrons. The molecule has 0 N–H and O–H groups in total. The van der Waals surface area contributed by atoms with Gasteiger partial charge in [0.2, 0.25) is 0 Å². The van der Waals surface area contributed by atoms with Gasteiger partial charge in [-0.05, 0) is 56.5 Å². The standard InChI is InChI=1S/C20H38OSi/c1-22(2)21-15-11-9-7-5-3-4-6-8-10-12-19-16-18-13-14-20(19)17-18/h13-14,18-20,22H,3-12,15-17H2,1-2H3. The lowest BCUT2D eigenvalue weighted by Crippen LogP contribution is -2.08. The number of rotatable bonds is 13. The first kappa shape index (κ1) is 18.3. The summed E-state index contributed by atoms with van der Waals surface area (Å²) >= 11 is 0. The monoisotopic (exact) mass is 322 g/mol. The van der Waals surface area contributed by atoms with E-state index in [9.17, 15) is 0 Å². The molecule has 1 saturated carbocycles. The van der Waals surface area contributed by atoms with Crippen LogP contribution in [0, 0.1) is 17.8 Å². The van der Waals surface area contributed by atoms with Gasteiger partial charge < -0.3 is 4.43 Å². The molecule has 1 fully saturated rings. The smallest absolute Gasteiger partial charge is 0.170 e. The summed E-state index contributed by atoms with van der Waals surface area (Å²) in [6.45, 7) is 5.53. The number of unbranched alkanes of at least 4 members (excludes halogenated alkanes) is 8. The third-order valence-corrected chi connectivity index (χ3v) is 6.49. The molecule has 1 nitrogen and oxygen atoms in total. The van der Waals surface area contributed by atoms with Gasteiger partial charge in [-0.15, -0.1) is 0 Å². The van der Waals surface area contributed by atoms with Gasteiger partial charge in [-0.3, -0.25) is 0 Å². The second-order valence-electron chi connectivity index (χ2n) is 7.93. The maximum absolute atomic E-state index is 5.71. The highest BCUT2D eigenvalue weighted by atomic mass is 28.3. The van der Waals surface area contributed by atoms with Crippen LogP contribution in [0.15, 0.2) is 12.2 Å². The third-order valence-electron chi connectivity index (χ3n) is 5.59. The Hall–Kier alpha value is -0.0831. The molecule has 3 unspecified atom stereocenters. The third kappa shape index (κ3) is 7.00. The number of allylic oxidation sites excluding steroid dienone is 2. The van der Waals surface area contributed by atoms with Crippen molar-refractivity contribution in [2.45, 2.75) is 90.1 Å². The SMILES string of the molecule is C[SiH](C)OCCCCCCCCCCCC1CC2C=CC1C2. The lowest BCUT2D eigenvalue weighted by Gasteiger charge is -2.17. The fourth-order valence-corrected chi connectivity index (χ4v) is 4.93. The molecule has 2 aliphatic carbocycles. The minimum atomic E-state index is -0.768. The topological polar surface area (TPSA) is 9.23 Å². The van der Waals surface area contributed by atoms with Gasteiger partial charge in [-0.25, -0.2) is 0 Å². The fraction of sp³-hybridized carbons (Fsp3) is 0.900. The van der Waals surface area contributed by atoms with Gasteiger partial charge in [-0.1, -0.05) is 63.5 Å². The molecule has 0 aromatic carbocycles. The molecular formula is C20H38OSi. The molecule has 0 saturated heterocycles. The fourth-order valence-electron chi connectivity index (χ4n) is 4.29. The van der Waals surface area contributed by atoms with Gasteiger partial charge in [0.05, 0.1) is 0 Å². The molecule has 0 heterocycles. The van der Waals surface area contributed by atoms with Crippen molar-refractivity contribution in [2.24, 2.45) is 17.8 Å². The Morgan fingerprint density at radius 1 is 0.818 bits per heavy atom. The molecule has 0 aromatic rings. The van der Waals surface area contributed by atoms with Crippen molar-refractivity contribution in [1.29, 1.82) is 0 Å². The quantitative estimate of drug-likeness (QED) is 0.226. The summed E-state index contributed by atoms with van der Waals surface area (Å²) in [7, 11) is -0.768. The van der Waals surface area contributed by atoms with Crippen LogP contribution in [-0.4, -0.2) is 15.6 Å². The highest BCUT2D eigenvalue weighted by Crippen LogP contribution is 2.45. The van der Waals surface area contributed by atoms with E-state index in [1.54, 1.807) is 0 Å². The normalized spacial score (nSPS) is 26.4. The first-order valence-corrected chi connectivity index (χ1v) is 12.8. The summed E-state index contributed by atoms with van der Waals surface area (Å²) in [5.74, 6) is 2.97. The van der Waals surface area contributed by atoms with Crippen molar-refractivity contribution in [3.8, 4) is 0 Å². The average molecular weight is 323 g/mol. The first-order valence-electron chi connectivity index (χ1n) is 10.1. The Morgan fingerprint density at radius 2 is 1.45 bits per heavy atom. The Balaban J connectivity index is 1.29. The minimum absolute atomic E-state index is 0.768. The van der Waals surface area contributed by atoms with Crippen LogP contribution in [0.4, 0.5) is 0 Å². The van der Waals surface area contributed by atoms with Crippen LogP contribution in [0.5, 0.6) is 0 Å². The minimum Gasteiger partial charge on any atom is -0.421 e. The Morgan fingerprint density at radius 3 is 2.00 bits per heavy atom. The summed E-state index contributed by atoms with van der Waals surface area (Å²) in [5, 5.41) is 0. The predicted molar refractivity (Wildman–Crippen MR) is 99.8 cm³/mol. The lowest BCUT2D eigenvalue weighted by molar-refractivity contribution is 0.311. The summed E-state index contributed by atoms with van der Waals surface area (Å²) in [6.07, 6.45) is 22.3. The highest BCUT2D eigenvalue weighted by molar-refractivity contribution is 6.48. The molecule has 128 valence electrons. The van der Waals surface area contributed by atoms with Crippen LogP contribution in [0.3, 0.4) is 0 Å². The second kappa shape index (κ2) is 10.6.